The third kappa shape index (κ3) is 24.1. The van der Waals surface area contributed by atoms with E-state index >= 15 is 0 Å². The molecular formula is C33H69NO7P+. The van der Waals surface area contributed by atoms with Gasteiger partial charge in [0.05, 0.1) is 33.9 Å². The quantitative estimate of drug-likeness (QED) is 0.0206. The summed E-state index contributed by atoms with van der Waals surface area (Å²) in [5.41, 5.74) is 0. The Morgan fingerprint density at radius 2 is 1.19 bits per heavy atom. The van der Waals surface area contributed by atoms with Crippen molar-refractivity contribution < 1.29 is 38.5 Å². The summed E-state index contributed by atoms with van der Waals surface area (Å²) in [4.78, 5) is 10.5. The van der Waals surface area contributed by atoms with Crippen LogP contribution in [0.25, 0.3) is 0 Å². The van der Waals surface area contributed by atoms with Crippen LogP contribution in [0.5, 0.6) is 0 Å². The average molecular weight is 623 g/mol. The first-order chi connectivity index (χ1) is 20.1. The van der Waals surface area contributed by atoms with Crippen LogP contribution in [0, 0.1) is 0 Å². The van der Waals surface area contributed by atoms with Gasteiger partial charge in [-0.25, -0.2) is 0 Å². The predicted octanol–water partition coefficient (Wildman–Crippen LogP) is 7.68. The molecule has 9 heteroatoms. The summed E-state index contributed by atoms with van der Waals surface area (Å²) >= 11 is 0. The SMILES string of the molecule is CCCCCCCCCCC/C=C\CCCCCCCCCOC[C@@H](O)COP(=O)(O)C(CC)[N+](C)(C)CCC(O)O. The topological polar surface area (TPSA) is 116 Å². The number of nitrogens with zero attached hydrogens (tertiary/aromatic N) is 1. The third-order valence-corrected chi connectivity index (χ3v) is 10.3. The minimum atomic E-state index is -4.03. The molecule has 8 nitrogen and oxygen atoms in total. The number of aliphatic hydroxyl groups is 3. The molecule has 0 radical (unpaired) electrons. The number of aliphatic hydroxyl groups excluding tert-OH is 2. The summed E-state index contributed by atoms with van der Waals surface area (Å²) in [6.45, 7) is 4.73. The zero-order valence-corrected chi connectivity index (χ0v) is 28.7. The largest absolute Gasteiger partial charge is 0.388 e. The van der Waals surface area contributed by atoms with E-state index in [1.165, 1.54) is 103 Å². The molecule has 0 heterocycles. The summed E-state index contributed by atoms with van der Waals surface area (Å²) in [5.74, 6) is -0.727. The molecule has 0 aromatic heterocycles. The van der Waals surface area contributed by atoms with Gasteiger partial charge in [0.1, 0.15) is 6.10 Å². The van der Waals surface area contributed by atoms with Crippen molar-refractivity contribution in [3.8, 4) is 0 Å². The lowest BCUT2D eigenvalue weighted by Crippen LogP contribution is -2.50. The Kier molecular flexibility index (Phi) is 26.8. The fourth-order valence-corrected chi connectivity index (χ4v) is 7.35. The molecule has 3 atom stereocenters. The molecule has 2 unspecified atom stereocenters. The molecule has 0 saturated heterocycles. The molecule has 42 heavy (non-hydrogen) atoms. The van der Waals surface area contributed by atoms with Gasteiger partial charge in [0.25, 0.3) is 0 Å². The van der Waals surface area contributed by atoms with Crippen LogP contribution in [-0.4, -0.2) is 83.3 Å². The highest BCUT2D eigenvalue weighted by Gasteiger charge is 2.43. The van der Waals surface area contributed by atoms with Crippen LogP contribution in [0.15, 0.2) is 12.2 Å². The molecular weight excluding hydrogens is 553 g/mol. The van der Waals surface area contributed by atoms with Crippen LogP contribution in [0.3, 0.4) is 0 Å². The highest BCUT2D eigenvalue weighted by Crippen LogP contribution is 2.52. The van der Waals surface area contributed by atoms with E-state index in [9.17, 15) is 14.6 Å². The van der Waals surface area contributed by atoms with Gasteiger partial charge in [-0.2, -0.15) is 0 Å². The Hall–Kier alpha value is -0.310. The molecule has 0 aromatic rings. The van der Waals surface area contributed by atoms with Gasteiger partial charge >= 0.3 is 7.60 Å². The Morgan fingerprint density at radius 3 is 1.67 bits per heavy atom. The van der Waals surface area contributed by atoms with E-state index in [1.54, 1.807) is 21.0 Å². The van der Waals surface area contributed by atoms with E-state index in [-0.39, 0.29) is 24.1 Å². The van der Waals surface area contributed by atoms with E-state index in [4.69, 9.17) is 19.5 Å². The van der Waals surface area contributed by atoms with Crippen LogP contribution in [0.1, 0.15) is 142 Å². The highest BCUT2D eigenvalue weighted by molar-refractivity contribution is 7.53. The van der Waals surface area contributed by atoms with Gasteiger partial charge in [-0.1, -0.05) is 109 Å². The number of hydrogen-bond donors (Lipinski definition) is 4. The Morgan fingerprint density at radius 1 is 0.714 bits per heavy atom. The second kappa shape index (κ2) is 27.0. The summed E-state index contributed by atoms with van der Waals surface area (Å²) in [6.07, 6.45) is 26.1. The summed E-state index contributed by atoms with van der Waals surface area (Å²) in [5, 5.41) is 28.4. The number of hydrogen-bond acceptors (Lipinski definition) is 6. The van der Waals surface area contributed by atoms with E-state index < -0.39 is 25.8 Å². The van der Waals surface area contributed by atoms with Crippen LogP contribution < -0.4 is 0 Å². The van der Waals surface area contributed by atoms with Crippen molar-refractivity contribution in [3.63, 3.8) is 0 Å². The fourth-order valence-electron chi connectivity index (χ4n) is 5.42. The van der Waals surface area contributed by atoms with Crippen molar-refractivity contribution in [2.75, 3.05) is 40.5 Å². The fraction of sp³-hybridized carbons (Fsp3) is 0.939. The first-order valence-corrected chi connectivity index (χ1v) is 18.8. The normalized spacial score (nSPS) is 15.5. The molecule has 0 rings (SSSR count). The number of quaternary nitrogens is 1. The molecule has 0 aromatic carbocycles. The van der Waals surface area contributed by atoms with Crippen molar-refractivity contribution in [2.45, 2.75) is 160 Å². The molecule has 0 bridgehead atoms. The zero-order chi connectivity index (χ0) is 31.5. The maximum absolute atomic E-state index is 12.8. The third-order valence-electron chi connectivity index (χ3n) is 8.07. The summed E-state index contributed by atoms with van der Waals surface area (Å²) in [7, 11) is -0.502. The van der Waals surface area contributed by atoms with Crippen molar-refractivity contribution in [3.05, 3.63) is 12.2 Å². The number of allylic oxidation sites excluding steroid dienone is 2. The van der Waals surface area contributed by atoms with E-state index in [0.29, 0.717) is 19.6 Å². The van der Waals surface area contributed by atoms with E-state index in [0.717, 1.165) is 12.8 Å². The molecule has 0 spiro atoms. The second-order valence-corrected chi connectivity index (χ2v) is 14.6. The van der Waals surface area contributed by atoms with Crippen LogP contribution in [0.2, 0.25) is 0 Å². The molecule has 0 aliphatic heterocycles. The average Bonchev–Trinajstić information content (AvgIpc) is 2.93. The van der Waals surface area contributed by atoms with Crippen LogP contribution >= 0.6 is 7.60 Å². The number of unbranched alkanes of at least 4 members (excludes halogenated alkanes) is 16. The van der Waals surface area contributed by atoms with Gasteiger partial charge in [-0.3, -0.25) is 4.57 Å². The second-order valence-electron chi connectivity index (χ2n) is 12.6. The molecule has 0 fully saturated rings. The molecule has 0 saturated carbocycles. The standard InChI is InChI=1S/C33H68NO7P/c1-5-7-8-9-10-11-12-13-14-15-16-17-18-19-20-21-22-23-24-25-28-40-29-31(35)30-41-42(38,39)32(6-2)34(3,4)27-26-33(36)37/h16-17,31-33,35-37H,5-15,18-30H2,1-4H3/p+1/b17-16-/t31-,32?/m1/s1. The van der Waals surface area contributed by atoms with Crippen LogP contribution in [0.4, 0.5) is 0 Å². The van der Waals surface area contributed by atoms with Gasteiger partial charge in [0.15, 0.2) is 12.1 Å². The Labute approximate surface area is 259 Å². The number of ether oxygens (including phenoxy) is 1. The molecule has 0 aliphatic rings. The van der Waals surface area contributed by atoms with Gasteiger partial charge in [-0.05, 0) is 32.1 Å². The minimum absolute atomic E-state index is 0.0678. The van der Waals surface area contributed by atoms with Gasteiger partial charge in [0.2, 0.25) is 0 Å². The van der Waals surface area contributed by atoms with Gasteiger partial charge in [0, 0.05) is 19.4 Å². The minimum Gasteiger partial charge on any atom is -0.388 e. The molecule has 0 aliphatic carbocycles. The monoisotopic (exact) mass is 622 g/mol. The zero-order valence-electron chi connectivity index (χ0n) is 27.8. The van der Waals surface area contributed by atoms with E-state index in [2.05, 4.69) is 19.1 Å². The lowest BCUT2D eigenvalue weighted by Gasteiger charge is -2.39. The highest BCUT2D eigenvalue weighted by atomic mass is 31.2. The van der Waals surface area contributed by atoms with Gasteiger partial charge < -0.3 is 34.0 Å². The molecule has 252 valence electrons. The lowest BCUT2D eigenvalue weighted by molar-refractivity contribution is -0.903. The summed E-state index contributed by atoms with van der Waals surface area (Å²) in [6, 6.07) is 0. The van der Waals surface area contributed by atoms with Gasteiger partial charge in [-0.15, -0.1) is 0 Å². The molecule has 0 amide bonds. The first-order valence-electron chi connectivity index (χ1n) is 17.1. The predicted molar refractivity (Wildman–Crippen MR) is 174 cm³/mol. The lowest BCUT2D eigenvalue weighted by atomic mass is 10.1. The van der Waals surface area contributed by atoms with E-state index in [1.807, 2.05) is 0 Å². The Bertz CT molecular complexity index is 675. The maximum atomic E-state index is 12.8. The molecule has 4 N–H and O–H groups in total. The van der Waals surface area contributed by atoms with Crippen molar-refractivity contribution in [1.29, 1.82) is 0 Å². The maximum Gasteiger partial charge on any atom is 0.385 e. The summed E-state index contributed by atoms with van der Waals surface area (Å²) < 4.78 is 23.8. The van der Waals surface area contributed by atoms with Crippen molar-refractivity contribution >= 4 is 7.60 Å². The van der Waals surface area contributed by atoms with Crippen molar-refractivity contribution in [2.24, 2.45) is 0 Å². The number of rotatable bonds is 31. The Balaban J connectivity index is 3.67. The van der Waals surface area contributed by atoms with Crippen LogP contribution in [-0.2, 0) is 13.8 Å². The van der Waals surface area contributed by atoms with Crippen molar-refractivity contribution in [1.82, 2.24) is 0 Å². The first kappa shape index (κ1) is 41.7. The smallest absolute Gasteiger partial charge is 0.385 e.